The number of likely N-dealkylation sites (tertiary alicyclic amines) is 1. The molecular formula is C19H27FN2O2. The van der Waals surface area contributed by atoms with E-state index in [1.165, 1.54) is 4.90 Å². The Hall–Kier alpha value is -1.62. The van der Waals surface area contributed by atoms with Gasteiger partial charge in [0, 0.05) is 19.5 Å². The summed E-state index contributed by atoms with van der Waals surface area (Å²) in [7, 11) is 0. The standard InChI is InChI=1S/C19H27FN2O2/c1-17(2,3)24-16(23)22-18(4)10-11-19(22,20)14-21(13-18)12-15-8-6-5-7-9-15/h5-9H,10-14H2,1-4H3/t18-,19+/m0/s1. The number of carbonyl (C=O) groups excluding carboxylic acids is 1. The fraction of sp³-hybridized carbons (Fsp3) is 0.632. The highest BCUT2D eigenvalue weighted by Crippen LogP contribution is 2.47. The van der Waals surface area contributed by atoms with Crippen LogP contribution in [-0.4, -0.2) is 45.9 Å². The van der Waals surface area contributed by atoms with Gasteiger partial charge >= 0.3 is 6.09 Å². The molecule has 2 aliphatic heterocycles. The first kappa shape index (κ1) is 17.2. The van der Waals surface area contributed by atoms with Gasteiger partial charge in [-0.05, 0) is 39.7 Å². The van der Waals surface area contributed by atoms with E-state index in [0.29, 0.717) is 25.9 Å². The Kier molecular flexibility index (Phi) is 4.11. The summed E-state index contributed by atoms with van der Waals surface area (Å²) in [4.78, 5) is 16.1. The number of amides is 1. The molecule has 0 unspecified atom stereocenters. The van der Waals surface area contributed by atoms with E-state index < -0.39 is 23.0 Å². The smallest absolute Gasteiger partial charge is 0.413 e. The van der Waals surface area contributed by atoms with Crippen molar-refractivity contribution in [1.82, 2.24) is 9.80 Å². The third-order valence-electron chi connectivity index (χ3n) is 4.84. The zero-order chi connectivity index (χ0) is 17.6. The Bertz CT molecular complexity index is 596. The minimum atomic E-state index is -1.65. The van der Waals surface area contributed by atoms with E-state index in [-0.39, 0.29) is 6.54 Å². The molecule has 5 heteroatoms. The van der Waals surface area contributed by atoms with Gasteiger partial charge in [0.1, 0.15) is 5.60 Å². The van der Waals surface area contributed by atoms with Crippen LogP contribution in [0.25, 0.3) is 0 Å². The third-order valence-corrected chi connectivity index (χ3v) is 4.84. The van der Waals surface area contributed by atoms with E-state index >= 15 is 4.39 Å². The predicted molar refractivity (Wildman–Crippen MR) is 91.3 cm³/mol. The van der Waals surface area contributed by atoms with Gasteiger partial charge < -0.3 is 4.74 Å². The number of halogens is 1. The summed E-state index contributed by atoms with van der Waals surface area (Å²) in [5, 5.41) is 0. The molecule has 0 aromatic heterocycles. The molecule has 0 saturated carbocycles. The highest BCUT2D eigenvalue weighted by molar-refractivity contribution is 5.71. The molecule has 1 aromatic rings. The summed E-state index contributed by atoms with van der Waals surface area (Å²) in [5.74, 6) is -1.65. The second kappa shape index (κ2) is 5.73. The Morgan fingerprint density at radius 1 is 1.21 bits per heavy atom. The van der Waals surface area contributed by atoms with Crippen molar-refractivity contribution in [3.8, 4) is 0 Å². The minimum absolute atomic E-state index is 0.233. The van der Waals surface area contributed by atoms with Gasteiger partial charge in [-0.25, -0.2) is 9.18 Å². The van der Waals surface area contributed by atoms with E-state index in [2.05, 4.69) is 17.0 Å². The first-order valence-electron chi connectivity index (χ1n) is 8.60. The average Bonchev–Trinajstić information content (AvgIpc) is 2.61. The normalized spacial score (nSPS) is 30.5. The molecule has 2 heterocycles. The van der Waals surface area contributed by atoms with Gasteiger partial charge in [-0.3, -0.25) is 9.80 Å². The van der Waals surface area contributed by atoms with Crippen molar-refractivity contribution in [3.05, 3.63) is 35.9 Å². The van der Waals surface area contributed by atoms with Crippen molar-refractivity contribution in [3.63, 3.8) is 0 Å². The number of rotatable bonds is 2. The Morgan fingerprint density at radius 2 is 1.88 bits per heavy atom. The molecule has 24 heavy (non-hydrogen) atoms. The van der Waals surface area contributed by atoms with Gasteiger partial charge in [-0.1, -0.05) is 30.3 Å². The molecule has 4 nitrogen and oxygen atoms in total. The van der Waals surface area contributed by atoms with E-state index in [9.17, 15) is 4.79 Å². The molecule has 2 aliphatic rings. The number of ether oxygens (including phenoxy) is 1. The molecule has 0 N–H and O–H groups in total. The summed E-state index contributed by atoms with van der Waals surface area (Å²) in [6, 6.07) is 10.1. The lowest BCUT2D eigenvalue weighted by Crippen LogP contribution is -2.66. The summed E-state index contributed by atoms with van der Waals surface area (Å²) in [6.45, 7) is 8.99. The number of piperazine rings is 1. The monoisotopic (exact) mass is 334 g/mol. The van der Waals surface area contributed by atoms with Gasteiger partial charge in [0.25, 0.3) is 0 Å². The van der Waals surface area contributed by atoms with Gasteiger partial charge in [0.2, 0.25) is 5.79 Å². The molecule has 0 radical (unpaired) electrons. The van der Waals surface area contributed by atoms with Crippen LogP contribution in [0.4, 0.5) is 9.18 Å². The number of carbonyl (C=O) groups is 1. The fourth-order valence-electron chi connectivity index (χ4n) is 3.99. The summed E-state index contributed by atoms with van der Waals surface area (Å²) >= 11 is 0. The molecule has 1 amide bonds. The maximum atomic E-state index is 15.6. The third kappa shape index (κ3) is 3.27. The number of benzene rings is 1. The molecule has 2 atom stereocenters. The van der Waals surface area contributed by atoms with Crippen molar-refractivity contribution < 1.29 is 13.9 Å². The van der Waals surface area contributed by atoms with Crippen LogP contribution in [-0.2, 0) is 11.3 Å². The molecule has 3 rings (SSSR count). The highest BCUT2D eigenvalue weighted by Gasteiger charge is 2.61. The molecule has 132 valence electrons. The second-order valence-electron chi connectivity index (χ2n) is 8.36. The fourth-order valence-corrected chi connectivity index (χ4v) is 3.99. The molecule has 0 aliphatic carbocycles. The van der Waals surface area contributed by atoms with Crippen LogP contribution >= 0.6 is 0 Å². The van der Waals surface area contributed by atoms with Crippen LogP contribution in [0.5, 0.6) is 0 Å². The zero-order valence-corrected chi connectivity index (χ0v) is 15.0. The van der Waals surface area contributed by atoms with Crippen LogP contribution in [0.1, 0.15) is 46.1 Å². The molecule has 2 bridgehead atoms. The quantitative estimate of drug-likeness (QED) is 0.768. The lowest BCUT2D eigenvalue weighted by atomic mass is 9.97. The van der Waals surface area contributed by atoms with Gasteiger partial charge in [-0.15, -0.1) is 0 Å². The Morgan fingerprint density at radius 3 is 2.46 bits per heavy atom. The highest BCUT2D eigenvalue weighted by atomic mass is 19.1. The summed E-state index contributed by atoms with van der Waals surface area (Å²) in [5.41, 5.74) is 0.0176. The number of hydrogen-bond donors (Lipinski definition) is 0. The van der Waals surface area contributed by atoms with E-state index in [0.717, 1.165) is 5.56 Å². The lowest BCUT2D eigenvalue weighted by Gasteiger charge is -2.49. The topological polar surface area (TPSA) is 32.8 Å². The Labute approximate surface area is 143 Å². The molecule has 2 fully saturated rings. The van der Waals surface area contributed by atoms with Crippen LogP contribution in [0.3, 0.4) is 0 Å². The van der Waals surface area contributed by atoms with E-state index in [1.54, 1.807) is 0 Å². The molecular weight excluding hydrogens is 307 g/mol. The zero-order valence-electron chi connectivity index (χ0n) is 15.0. The average molecular weight is 334 g/mol. The van der Waals surface area contributed by atoms with E-state index in [4.69, 9.17) is 4.74 Å². The van der Waals surface area contributed by atoms with E-state index in [1.807, 2.05) is 45.9 Å². The first-order chi connectivity index (χ1) is 11.1. The van der Waals surface area contributed by atoms with Crippen LogP contribution in [0.15, 0.2) is 30.3 Å². The maximum Gasteiger partial charge on any atom is 0.413 e. The van der Waals surface area contributed by atoms with Crippen molar-refractivity contribution >= 4 is 6.09 Å². The summed E-state index contributed by atoms with van der Waals surface area (Å²) in [6.07, 6.45) is 0.492. The number of alkyl halides is 1. The van der Waals surface area contributed by atoms with Crippen molar-refractivity contribution in [2.45, 2.75) is 64.0 Å². The number of fused-ring (bicyclic) bond motifs is 2. The molecule has 1 aromatic carbocycles. The Balaban J connectivity index is 1.78. The van der Waals surface area contributed by atoms with Crippen LogP contribution in [0, 0.1) is 0 Å². The van der Waals surface area contributed by atoms with Crippen molar-refractivity contribution in [1.29, 1.82) is 0 Å². The number of hydrogen-bond acceptors (Lipinski definition) is 3. The van der Waals surface area contributed by atoms with Crippen molar-refractivity contribution in [2.75, 3.05) is 13.1 Å². The minimum Gasteiger partial charge on any atom is -0.444 e. The lowest BCUT2D eigenvalue weighted by molar-refractivity contribution is -0.113. The van der Waals surface area contributed by atoms with Gasteiger partial charge in [-0.2, -0.15) is 0 Å². The maximum absolute atomic E-state index is 15.6. The number of nitrogens with zero attached hydrogens (tertiary/aromatic N) is 2. The SMILES string of the molecule is CC(C)(C)OC(=O)N1[C@@]2(C)CC[C@]1(F)CN(Cc1ccccc1)C2. The molecule has 0 spiro atoms. The first-order valence-corrected chi connectivity index (χ1v) is 8.60. The van der Waals surface area contributed by atoms with Crippen molar-refractivity contribution in [2.24, 2.45) is 0 Å². The largest absolute Gasteiger partial charge is 0.444 e. The van der Waals surface area contributed by atoms with Gasteiger partial charge in [0.05, 0.1) is 12.1 Å². The van der Waals surface area contributed by atoms with Gasteiger partial charge in [0.15, 0.2) is 0 Å². The van der Waals surface area contributed by atoms with Crippen LogP contribution in [0.2, 0.25) is 0 Å². The predicted octanol–water partition coefficient (Wildman–Crippen LogP) is 3.96. The summed E-state index contributed by atoms with van der Waals surface area (Å²) < 4.78 is 21.1. The second-order valence-corrected chi connectivity index (χ2v) is 8.36. The molecule has 2 saturated heterocycles. The van der Waals surface area contributed by atoms with Crippen LogP contribution < -0.4 is 0 Å².